The summed E-state index contributed by atoms with van der Waals surface area (Å²) >= 11 is 0. The Kier molecular flexibility index (Phi) is 4.97. The van der Waals surface area contributed by atoms with Crippen LogP contribution in [0.1, 0.15) is 18.2 Å². The van der Waals surface area contributed by atoms with E-state index >= 15 is 0 Å². The van der Waals surface area contributed by atoms with Crippen LogP contribution in [0.4, 0.5) is 0 Å². The molecule has 2 aliphatic rings. The van der Waals surface area contributed by atoms with Crippen molar-refractivity contribution in [3.63, 3.8) is 0 Å². The molecule has 3 heterocycles. The number of phosphoric acid groups is 1. The molecule has 1 N–H and O–H groups in total. The van der Waals surface area contributed by atoms with Gasteiger partial charge in [0.15, 0.2) is 0 Å². The summed E-state index contributed by atoms with van der Waals surface area (Å²) in [6.07, 6.45) is -0.381. The Morgan fingerprint density at radius 1 is 1.43 bits per heavy atom. The second kappa shape index (κ2) is 6.10. The van der Waals surface area contributed by atoms with Crippen LogP contribution < -0.4 is 45.7 Å². The number of rotatable bonds is 1. The summed E-state index contributed by atoms with van der Waals surface area (Å²) in [5.74, 6) is 0. The van der Waals surface area contributed by atoms with E-state index in [-0.39, 0.29) is 42.6 Å². The first-order valence-electron chi connectivity index (χ1n) is 5.97. The molecule has 0 bridgehead atoms. The summed E-state index contributed by atoms with van der Waals surface area (Å²) in [5.41, 5.74) is -0.726. The van der Waals surface area contributed by atoms with E-state index in [4.69, 9.17) is 9.26 Å². The number of nitrogens with one attached hydrogen (secondary N) is 1. The molecule has 2 saturated heterocycles. The van der Waals surface area contributed by atoms with Gasteiger partial charge in [0.2, 0.25) is 0 Å². The number of aryl methyl sites for hydroxylation is 1. The van der Waals surface area contributed by atoms with Gasteiger partial charge in [-0.25, -0.2) is 4.79 Å². The van der Waals surface area contributed by atoms with Crippen LogP contribution in [0.5, 0.6) is 0 Å². The zero-order chi connectivity index (χ0) is 14.5. The molecule has 0 radical (unpaired) electrons. The summed E-state index contributed by atoms with van der Waals surface area (Å²) in [7, 11) is -4.28. The molecule has 11 heteroatoms. The first-order valence-corrected chi connectivity index (χ1v) is 7.43. The smallest absolute Gasteiger partial charge is 0.756 e. The van der Waals surface area contributed by atoms with Gasteiger partial charge in [-0.3, -0.25) is 18.9 Å². The molecule has 2 fully saturated rings. The quantitative estimate of drug-likeness (QED) is 0.412. The number of hydrogen-bond acceptors (Lipinski definition) is 7. The van der Waals surface area contributed by atoms with Crippen LogP contribution in [0, 0.1) is 6.92 Å². The number of nitrogens with zero attached hydrogens (tertiary/aromatic N) is 1. The molecule has 2 aliphatic heterocycles. The Morgan fingerprint density at radius 2 is 2.14 bits per heavy atom. The van der Waals surface area contributed by atoms with E-state index in [1.54, 1.807) is 6.92 Å². The average molecular weight is 326 g/mol. The number of ether oxygens (including phenoxy) is 1. The minimum absolute atomic E-state index is 0. The number of hydrogen-bond donors (Lipinski definition) is 1. The molecule has 1 aromatic heterocycles. The topological polar surface area (TPSA) is 123 Å². The molecule has 3 rings (SSSR count). The van der Waals surface area contributed by atoms with Crippen molar-refractivity contribution in [1.29, 1.82) is 0 Å². The molecule has 4 unspecified atom stereocenters. The number of aromatic amines is 1. The number of H-pyrrole nitrogens is 1. The third kappa shape index (κ3) is 3.40. The van der Waals surface area contributed by atoms with E-state index in [1.807, 2.05) is 0 Å². The fourth-order valence-electron chi connectivity index (χ4n) is 2.29. The monoisotopic (exact) mass is 326 g/mol. The van der Waals surface area contributed by atoms with Gasteiger partial charge in [0, 0.05) is 18.2 Å². The zero-order valence-corrected chi connectivity index (χ0v) is 14.4. The molecule has 0 saturated carbocycles. The fraction of sp³-hybridized carbons (Fsp3) is 0.600. The Bertz CT molecular complexity index is 701. The van der Waals surface area contributed by atoms with Gasteiger partial charge in [-0.2, -0.15) is 0 Å². The predicted octanol–water partition coefficient (Wildman–Crippen LogP) is -3.98. The van der Waals surface area contributed by atoms with Crippen molar-refractivity contribution in [2.45, 2.75) is 31.8 Å². The molecule has 110 valence electrons. The van der Waals surface area contributed by atoms with Crippen LogP contribution in [0.2, 0.25) is 0 Å². The standard InChI is InChI=1S/C10H13N2O7P.Na/c1-5-3-12(10(14)11-9(5)13)8-2-6-7(18-8)4-17-20(15,16)19-6;/h3,6-8H,2,4H2,1H3,(H,15,16)(H,11,13,14);/q;+1/p-1. The van der Waals surface area contributed by atoms with Crippen molar-refractivity contribution in [1.82, 2.24) is 9.55 Å². The maximum Gasteiger partial charge on any atom is 1.00 e. The molecular weight excluding hydrogens is 314 g/mol. The molecule has 0 spiro atoms. The molecule has 4 atom stereocenters. The number of phosphoric ester groups is 1. The van der Waals surface area contributed by atoms with E-state index in [0.29, 0.717) is 5.56 Å². The van der Waals surface area contributed by atoms with Crippen LogP contribution in [0.25, 0.3) is 0 Å². The van der Waals surface area contributed by atoms with Crippen molar-refractivity contribution < 1.29 is 52.8 Å². The summed E-state index contributed by atoms with van der Waals surface area (Å²) in [5, 5.41) is 0. The van der Waals surface area contributed by atoms with Crippen molar-refractivity contribution in [3.8, 4) is 0 Å². The van der Waals surface area contributed by atoms with E-state index in [2.05, 4.69) is 9.51 Å². The molecule has 0 amide bonds. The Morgan fingerprint density at radius 3 is 2.86 bits per heavy atom. The predicted molar refractivity (Wildman–Crippen MR) is 63.0 cm³/mol. The maximum absolute atomic E-state index is 11.8. The SMILES string of the molecule is Cc1cn(C2CC3OP(=O)([O-])OCC3O2)c(=O)[nH]c1=O.[Na+]. The first-order chi connectivity index (χ1) is 9.35. The second-order valence-electron chi connectivity index (χ2n) is 4.73. The van der Waals surface area contributed by atoms with Crippen LogP contribution in [-0.4, -0.2) is 28.4 Å². The van der Waals surface area contributed by atoms with Gasteiger partial charge in [0.05, 0.1) is 12.7 Å². The Hall–Kier alpha value is -0.250. The summed E-state index contributed by atoms with van der Waals surface area (Å²) in [6, 6.07) is 0. The molecular formula is C10H12N2NaO7P. The van der Waals surface area contributed by atoms with Crippen LogP contribution in [0.15, 0.2) is 15.8 Å². The van der Waals surface area contributed by atoms with Gasteiger partial charge in [0.1, 0.15) is 12.3 Å². The van der Waals surface area contributed by atoms with E-state index in [9.17, 15) is 19.0 Å². The van der Waals surface area contributed by atoms with Crippen LogP contribution >= 0.6 is 7.82 Å². The molecule has 9 nitrogen and oxygen atoms in total. The third-order valence-electron chi connectivity index (χ3n) is 3.30. The van der Waals surface area contributed by atoms with E-state index in [0.717, 1.165) is 0 Å². The minimum atomic E-state index is -4.28. The van der Waals surface area contributed by atoms with Gasteiger partial charge in [-0.05, 0) is 6.92 Å². The van der Waals surface area contributed by atoms with Gasteiger partial charge >= 0.3 is 35.2 Å². The van der Waals surface area contributed by atoms with Gasteiger partial charge < -0.3 is 18.7 Å². The average Bonchev–Trinajstić information content (AvgIpc) is 2.74. The minimum Gasteiger partial charge on any atom is -0.756 e. The van der Waals surface area contributed by atoms with E-state index < -0.39 is 37.5 Å². The summed E-state index contributed by atoms with van der Waals surface area (Å²) in [4.78, 5) is 36.4. The van der Waals surface area contributed by atoms with Crippen LogP contribution in [-0.2, 0) is 18.3 Å². The van der Waals surface area contributed by atoms with E-state index in [1.165, 1.54) is 10.8 Å². The van der Waals surface area contributed by atoms with Crippen LogP contribution in [0.3, 0.4) is 0 Å². The normalized spacial score (nSPS) is 35.0. The van der Waals surface area contributed by atoms with Crippen molar-refractivity contribution >= 4 is 7.82 Å². The zero-order valence-electron chi connectivity index (χ0n) is 11.5. The van der Waals surface area contributed by atoms with Crippen molar-refractivity contribution in [2.75, 3.05) is 6.61 Å². The first kappa shape index (κ1) is 17.1. The molecule has 0 aromatic carbocycles. The molecule has 1 aromatic rings. The Balaban J connectivity index is 0.00000161. The van der Waals surface area contributed by atoms with Gasteiger partial charge in [-0.1, -0.05) is 0 Å². The largest absolute Gasteiger partial charge is 1.00 e. The molecule has 0 aliphatic carbocycles. The third-order valence-corrected chi connectivity index (χ3v) is 4.29. The van der Waals surface area contributed by atoms with Gasteiger partial charge in [-0.15, -0.1) is 0 Å². The number of fused-ring (bicyclic) bond motifs is 1. The Labute approximate surface area is 141 Å². The second-order valence-corrected chi connectivity index (χ2v) is 6.09. The number of aromatic nitrogens is 2. The van der Waals surface area contributed by atoms with Gasteiger partial charge in [0.25, 0.3) is 13.4 Å². The summed E-state index contributed by atoms with van der Waals surface area (Å²) in [6.45, 7) is 1.42. The fourth-order valence-corrected chi connectivity index (χ4v) is 3.24. The molecule has 21 heavy (non-hydrogen) atoms. The maximum atomic E-state index is 11.8. The van der Waals surface area contributed by atoms with Crippen molar-refractivity contribution in [2.24, 2.45) is 0 Å². The summed E-state index contributed by atoms with van der Waals surface area (Å²) < 4.78 is 27.3. The van der Waals surface area contributed by atoms with Crippen molar-refractivity contribution in [3.05, 3.63) is 32.6 Å².